The standard InChI is InChI=1S/C14H23N3O/c1-11-8-13(14(18-3)10-15-11)16-9-12-4-6-17(2)7-5-12/h8,10,12H,4-7,9H2,1-3H3,(H,15,16). The Hall–Kier alpha value is -1.29. The predicted octanol–water partition coefficient (Wildman–Crippen LogP) is 2.15. The lowest BCUT2D eigenvalue weighted by molar-refractivity contribution is 0.226. The number of likely N-dealkylation sites (tertiary alicyclic amines) is 1. The molecule has 2 rings (SSSR count). The number of pyridine rings is 1. The number of nitrogens with one attached hydrogen (secondary N) is 1. The van der Waals surface area contributed by atoms with Crippen molar-refractivity contribution in [2.45, 2.75) is 19.8 Å². The lowest BCUT2D eigenvalue weighted by atomic mass is 9.97. The van der Waals surface area contributed by atoms with Crippen molar-refractivity contribution in [3.05, 3.63) is 18.0 Å². The van der Waals surface area contributed by atoms with E-state index in [1.54, 1.807) is 13.3 Å². The fourth-order valence-electron chi connectivity index (χ4n) is 2.37. The normalized spacial score (nSPS) is 17.7. The summed E-state index contributed by atoms with van der Waals surface area (Å²) in [5.41, 5.74) is 2.07. The molecule has 1 aromatic heterocycles. The Morgan fingerprint density at radius 1 is 1.44 bits per heavy atom. The first-order valence-electron chi connectivity index (χ1n) is 6.62. The van der Waals surface area contributed by atoms with E-state index in [-0.39, 0.29) is 0 Å². The largest absolute Gasteiger partial charge is 0.493 e. The molecular formula is C14H23N3O. The Balaban J connectivity index is 1.91. The molecule has 0 radical (unpaired) electrons. The SMILES string of the molecule is COc1cnc(C)cc1NCC1CCN(C)CC1. The third-order valence-electron chi connectivity index (χ3n) is 3.64. The van der Waals surface area contributed by atoms with Gasteiger partial charge in [0.1, 0.15) is 0 Å². The first-order chi connectivity index (χ1) is 8.69. The van der Waals surface area contributed by atoms with Crippen molar-refractivity contribution >= 4 is 5.69 Å². The van der Waals surface area contributed by atoms with Gasteiger partial charge in [-0.3, -0.25) is 4.98 Å². The summed E-state index contributed by atoms with van der Waals surface area (Å²) in [5.74, 6) is 1.59. The van der Waals surface area contributed by atoms with Crippen LogP contribution in [0.5, 0.6) is 5.75 Å². The highest BCUT2D eigenvalue weighted by Gasteiger charge is 2.16. The number of nitrogens with zero attached hydrogens (tertiary/aromatic N) is 2. The summed E-state index contributed by atoms with van der Waals surface area (Å²) in [6, 6.07) is 2.05. The van der Waals surface area contributed by atoms with Gasteiger partial charge in [0, 0.05) is 12.2 Å². The molecule has 2 heterocycles. The van der Waals surface area contributed by atoms with Gasteiger partial charge in [0.05, 0.1) is 19.0 Å². The number of methoxy groups -OCH3 is 1. The molecule has 1 N–H and O–H groups in total. The molecule has 1 saturated heterocycles. The maximum Gasteiger partial charge on any atom is 0.160 e. The number of piperidine rings is 1. The first kappa shape index (κ1) is 13.1. The second-order valence-corrected chi connectivity index (χ2v) is 5.15. The topological polar surface area (TPSA) is 37.4 Å². The number of aryl methyl sites for hydroxylation is 1. The smallest absolute Gasteiger partial charge is 0.160 e. The highest BCUT2D eigenvalue weighted by atomic mass is 16.5. The van der Waals surface area contributed by atoms with E-state index in [0.717, 1.165) is 29.6 Å². The van der Waals surface area contributed by atoms with E-state index >= 15 is 0 Å². The Bertz CT molecular complexity index is 387. The molecule has 0 atom stereocenters. The average molecular weight is 249 g/mol. The van der Waals surface area contributed by atoms with E-state index in [1.807, 2.05) is 13.0 Å². The van der Waals surface area contributed by atoms with Crippen LogP contribution >= 0.6 is 0 Å². The quantitative estimate of drug-likeness (QED) is 0.887. The van der Waals surface area contributed by atoms with Gasteiger partial charge in [0.25, 0.3) is 0 Å². The van der Waals surface area contributed by atoms with Crippen LogP contribution < -0.4 is 10.1 Å². The van der Waals surface area contributed by atoms with Crippen molar-refractivity contribution in [3.63, 3.8) is 0 Å². The van der Waals surface area contributed by atoms with E-state index < -0.39 is 0 Å². The molecule has 0 amide bonds. The van der Waals surface area contributed by atoms with Gasteiger partial charge in [-0.15, -0.1) is 0 Å². The third-order valence-corrected chi connectivity index (χ3v) is 3.64. The van der Waals surface area contributed by atoms with Crippen LogP contribution in [0.25, 0.3) is 0 Å². The minimum absolute atomic E-state index is 0.763. The minimum atomic E-state index is 0.763. The molecule has 100 valence electrons. The Kier molecular flexibility index (Phi) is 4.42. The fraction of sp³-hybridized carbons (Fsp3) is 0.643. The van der Waals surface area contributed by atoms with Crippen LogP contribution in [0.3, 0.4) is 0 Å². The first-order valence-corrected chi connectivity index (χ1v) is 6.62. The molecule has 0 aliphatic carbocycles. The van der Waals surface area contributed by atoms with Gasteiger partial charge < -0.3 is 15.0 Å². The van der Waals surface area contributed by atoms with Crippen LogP contribution in [0.4, 0.5) is 5.69 Å². The van der Waals surface area contributed by atoms with Crippen LogP contribution in [0.15, 0.2) is 12.3 Å². The minimum Gasteiger partial charge on any atom is -0.493 e. The van der Waals surface area contributed by atoms with E-state index in [2.05, 4.69) is 22.2 Å². The fourth-order valence-corrected chi connectivity index (χ4v) is 2.37. The van der Waals surface area contributed by atoms with Gasteiger partial charge in [0.2, 0.25) is 0 Å². The lowest BCUT2D eigenvalue weighted by Gasteiger charge is -2.29. The second-order valence-electron chi connectivity index (χ2n) is 5.15. The van der Waals surface area contributed by atoms with Gasteiger partial charge in [-0.25, -0.2) is 0 Å². The van der Waals surface area contributed by atoms with Crippen molar-refractivity contribution in [2.75, 3.05) is 39.1 Å². The summed E-state index contributed by atoms with van der Waals surface area (Å²) < 4.78 is 5.32. The number of anilines is 1. The summed E-state index contributed by atoms with van der Waals surface area (Å²) in [4.78, 5) is 6.64. The molecule has 1 aliphatic heterocycles. The highest BCUT2D eigenvalue weighted by molar-refractivity contribution is 5.55. The van der Waals surface area contributed by atoms with Crippen molar-refractivity contribution < 1.29 is 4.74 Å². The van der Waals surface area contributed by atoms with Gasteiger partial charge in [0.15, 0.2) is 5.75 Å². The number of ether oxygens (including phenoxy) is 1. The zero-order chi connectivity index (χ0) is 13.0. The maximum atomic E-state index is 5.32. The van der Waals surface area contributed by atoms with Crippen molar-refractivity contribution in [1.29, 1.82) is 0 Å². The summed E-state index contributed by atoms with van der Waals surface area (Å²) in [6.45, 7) is 5.44. The van der Waals surface area contributed by atoms with Crippen molar-refractivity contribution in [2.24, 2.45) is 5.92 Å². The summed E-state index contributed by atoms with van der Waals surface area (Å²) in [6.07, 6.45) is 4.33. The Labute approximate surface area is 109 Å². The van der Waals surface area contributed by atoms with E-state index in [1.165, 1.54) is 25.9 Å². The molecule has 0 spiro atoms. The number of aromatic nitrogens is 1. The van der Waals surface area contributed by atoms with E-state index in [9.17, 15) is 0 Å². The van der Waals surface area contributed by atoms with Crippen LogP contribution in [0.1, 0.15) is 18.5 Å². The van der Waals surface area contributed by atoms with Crippen LogP contribution in [0, 0.1) is 12.8 Å². The molecule has 1 aliphatic rings. The molecular weight excluding hydrogens is 226 g/mol. The summed E-state index contributed by atoms with van der Waals surface area (Å²) in [7, 11) is 3.88. The molecule has 0 bridgehead atoms. The molecule has 0 unspecified atom stereocenters. The third kappa shape index (κ3) is 3.35. The van der Waals surface area contributed by atoms with E-state index in [4.69, 9.17) is 4.74 Å². The van der Waals surface area contributed by atoms with Crippen LogP contribution in [-0.2, 0) is 0 Å². The molecule has 0 aromatic carbocycles. The Morgan fingerprint density at radius 3 is 2.83 bits per heavy atom. The monoisotopic (exact) mass is 249 g/mol. The second kappa shape index (κ2) is 6.05. The molecule has 1 fully saturated rings. The zero-order valence-corrected chi connectivity index (χ0v) is 11.6. The van der Waals surface area contributed by atoms with Gasteiger partial charge >= 0.3 is 0 Å². The molecule has 18 heavy (non-hydrogen) atoms. The molecule has 1 aromatic rings. The molecule has 4 nitrogen and oxygen atoms in total. The van der Waals surface area contributed by atoms with Gasteiger partial charge in [-0.05, 0) is 51.9 Å². The van der Waals surface area contributed by atoms with Crippen LogP contribution in [0.2, 0.25) is 0 Å². The lowest BCUT2D eigenvalue weighted by Crippen LogP contribution is -2.33. The predicted molar refractivity (Wildman–Crippen MR) is 74.2 cm³/mol. The van der Waals surface area contributed by atoms with Crippen molar-refractivity contribution in [3.8, 4) is 5.75 Å². The summed E-state index contributed by atoms with van der Waals surface area (Å²) >= 11 is 0. The van der Waals surface area contributed by atoms with Crippen LogP contribution in [-0.4, -0.2) is 43.7 Å². The number of hydrogen-bond acceptors (Lipinski definition) is 4. The highest BCUT2D eigenvalue weighted by Crippen LogP contribution is 2.25. The van der Waals surface area contributed by atoms with E-state index in [0.29, 0.717) is 0 Å². The number of hydrogen-bond donors (Lipinski definition) is 1. The Morgan fingerprint density at radius 2 is 2.17 bits per heavy atom. The average Bonchev–Trinajstić information content (AvgIpc) is 2.38. The summed E-state index contributed by atoms with van der Waals surface area (Å²) in [5, 5.41) is 3.51. The molecule has 0 saturated carbocycles. The van der Waals surface area contributed by atoms with Gasteiger partial charge in [-0.2, -0.15) is 0 Å². The van der Waals surface area contributed by atoms with Gasteiger partial charge in [-0.1, -0.05) is 0 Å². The maximum absolute atomic E-state index is 5.32. The molecule has 4 heteroatoms. The van der Waals surface area contributed by atoms with Crippen molar-refractivity contribution in [1.82, 2.24) is 9.88 Å². The zero-order valence-electron chi connectivity index (χ0n) is 11.6. The number of rotatable bonds is 4.